The summed E-state index contributed by atoms with van der Waals surface area (Å²) in [4.78, 5) is 13.1. The van der Waals surface area contributed by atoms with Gasteiger partial charge in [0.25, 0.3) is 5.91 Å². The van der Waals surface area contributed by atoms with E-state index in [4.69, 9.17) is 4.74 Å². The molecule has 1 aliphatic heterocycles. The third kappa shape index (κ3) is 1.46. The van der Waals surface area contributed by atoms with Crippen molar-refractivity contribution in [1.82, 2.24) is 4.90 Å². The van der Waals surface area contributed by atoms with Gasteiger partial charge in [0.05, 0.1) is 12.2 Å². The van der Waals surface area contributed by atoms with Crippen molar-refractivity contribution in [2.24, 2.45) is 0 Å². The first-order valence-electron chi connectivity index (χ1n) is 4.84. The number of amides is 1. The van der Waals surface area contributed by atoms with Crippen LogP contribution in [0.2, 0.25) is 0 Å². The zero-order chi connectivity index (χ0) is 11.0. The average Bonchev–Trinajstić information content (AvgIpc) is 2.49. The van der Waals surface area contributed by atoms with E-state index in [0.29, 0.717) is 13.2 Å². The summed E-state index contributed by atoms with van der Waals surface area (Å²) in [6.07, 6.45) is 0. The number of rotatable bonds is 2. The first-order chi connectivity index (χ1) is 7.15. The van der Waals surface area contributed by atoms with Crippen molar-refractivity contribution in [2.45, 2.75) is 13.5 Å². The summed E-state index contributed by atoms with van der Waals surface area (Å²) in [5.74, 6) is -0.660. The average molecular weight is 209 g/mol. The maximum Gasteiger partial charge on any atom is 0.257 e. The summed E-state index contributed by atoms with van der Waals surface area (Å²) >= 11 is 0. The van der Waals surface area contributed by atoms with Gasteiger partial charge in [-0.3, -0.25) is 4.79 Å². The molecule has 0 saturated heterocycles. The predicted octanol–water partition coefficient (Wildman–Crippen LogP) is 1.81. The summed E-state index contributed by atoms with van der Waals surface area (Å²) in [5.41, 5.74) is 0.881. The topological polar surface area (TPSA) is 29.5 Å². The minimum Gasteiger partial charge on any atom is -0.491 e. The lowest BCUT2D eigenvalue weighted by Gasteiger charge is -2.07. The first kappa shape index (κ1) is 9.96. The van der Waals surface area contributed by atoms with Gasteiger partial charge in [-0.05, 0) is 18.6 Å². The van der Waals surface area contributed by atoms with Gasteiger partial charge in [0.2, 0.25) is 0 Å². The van der Waals surface area contributed by atoms with Gasteiger partial charge in [-0.2, -0.15) is 0 Å². The Labute approximate surface area is 87.5 Å². The molecule has 0 atom stereocenters. The molecule has 0 N–H and O–H groups in total. The monoisotopic (exact) mass is 209 g/mol. The SMILES string of the molecule is CCOc1ccc2c(c1F)C(=O)N(C)C2. The van der Waals surface area contributed by atoms with Gasteiger partial charge in [0, 0.05) is 13.6 Å². The van der Waals surface area contributed by atoms with E-state index >= 15 is 0 Å². The molecule has 0 fully saturated rings. The van der Waals surface area contributed by atoms with Crippen LogP contribution in [0.5, 0.6) is 5.75 Å². The maximum atomic E-state index is 13.8. The quantitative estimate of drug-likeness (QED) is 0.743. The molecule has 3 nitrogen and oxygen atoms in total. The molecule has 1 amide bonds. The lowest BCUT2D eigenvalue weighted by Crippen LogP contribution is -2.18. The van der Waals surface area contributed by atoms with Crippen molar-refractivity contribution >= 4 is 5.91 Å². The number of hydrogen-bond donors (Lipinski definition) is 0. The Kier molecular flexibility index (Phi) is 2.34. The third-order valence-electron chi connectivity index (χ3n) is 2.46. The normalized spacial score (nSPS) is 14.3. The number of fused-ring (bicyclic) bond motifs is 1. The molecular weight excluding hydrogens is 197 g/mol. The number of carbonyl (C=O) groups excluding carboxylic acids is 1. The van der Waals surface area contributed by atoms with E-state index in [2.05, 4.69) is 0 Å². The van der Waals surface area contributed by atoms with Crippen LogP contribution in [0, 0.1) is 5.82 Å². The van der Waals surface area contributed by atoms with Crippen LogP contribution in [0.3, 0.4) is 0 Å². The summed E-state index contributed by atoms with van der Waals surface area (Å²) in [6.45, 7) is 2.64. The molecule has 0 spiro atoms. The van der Waals surface area contributed by atoms with Gasteiger partial charge in [-0.1, -0.05) is 6.07 Å². The number of ether oxygens (including phenoxy) is 1. The summed E-state index contributed by atoms with van der Waals surface area (Å²) in [7, 11) is 1.65. The van der Waals surface area contributed by atoms with E-state index in [1.165, 1.54) is 4.90 Å². The van der Waals surface area contributed by atoms with E-state index in [9.17, 15) is 9.18 Å². The largest absolute Gasteiger partial charge is 0.491 e. The number of halogens is 1. The van der Waals surface area contributed by atoms with Crippen LogP contribution < -0.4 is 4.74 Å². The molecule has 0 saturated carbocycles. The predicted molar refractivity (Wildman–Crippen MR) is 53.4 cm³/mol. The van der Waals surface area contributed by atoms with Crippen LogP contribution in [0.1, 0.15) is 22.8 Å². The second kappa shape index (κ2) is 3.53. The Morgan fingerprint density at radius 1 is 1.53 bits per heavy atom. The zero-order valence-corrected chi connectivity index (χ0v) is 8.71. The molecule has 0 bridgehead atoms. The number of hydrogen-bond acceptors (Lipinski definition) is 2. The lowest BCUT2D eigenvalue weighted by atomic mass is 10.1. The van der Waals surface area contributed by atoms with Crippen LogP contribution in [0.25, 0.3) is 0 Å². The molecule has 0 aromatic heterocycles. The van der Waals surface area contributed by atoms with Crippen LogP contribution in [0.15, 0.2) is 12.1 Å². The van der Waals surface area contributed by atoms with Gasteiger partial charge < -0.3 is 9.64 Å². The van der Waals surface area contributed by atoms with Crippen molar-refractivity contribution in [3.05, 3.63) is 29.1 Å². The van der Waals surface area contributed by atoms with Crippen LogP contribution >= 0.6 is 0 Å². The van der Waals surface area contributed by atoms with E-state index < -0.39 is 5.82 Å². The highest BCUT2D eigenvalue weighted by Gasteiger charge is 2.29. The fourth-order valence-corrected chi connectivity index (χ4v) is 1.75. The van der Waals surface area contributed by atoms with Gasteiger partial charge in [0.1, 0.15) is 0 Å². The van der Waals surface area contributed by atoms with Crippen molar-refractivity contribution in [1.29, 1.82) is 0 Å². The molecule has 2 rings (SSSR count). The lowest BCUT2D eigenvalue weighted by molar-refractivity contribution is 0.0812. The smallest absolute Gasteiger partial charge is 0.257 e. The van der Waals surface area contributed by atoms with Crippen molar-refractivity contribution in [3.63, 3.8) is 0 Å². The Hall–Kier alpha value is -1.58. The minimum atomic E-state index is -0.538. The van der Waals surface area contributed by atoms with Crippen molar-refractivity contribution < 1.29 is 13.9 Å². The molecule has 0 radical (unpaired) electrons. The van der Waals surface area contributed by atoms with Crippen molar-refractivity contribution in [2.75, 3.05) is 13.7 Å². The van der Waals surface area contributed by atoms with Crippen molar-refractivity contribution in [3.8, 4) is 5.75 Å². The fraction of sp³-hybridized carbons (Fsp3) is 0.364. The minimum absolute atomic E-state index is 0.153. The molecule has 0 aliphatic carbocycles. The third-order valence-corrected chi connectivity index (χ3v) is 2.46. The number of benzene rings is 1. The van der Waals surface area contributed by atoms with E-state index in [-0.39, 0.29) is 17.2 Å². The van der Waals surface area contributed by atoms with Crippen LogP contribution in [0.4, 0.5) is 4.39 Å². The Bertz CT molecular complexity index is 417. The second-order valence-corrected chi connectivity index (χ2v) is 3.51. The Balaban J connectivity index is 2.50. The van der Waals surface area contributed by atoms with Gasteiger partial charge >= 0.3 is 0 Å². The molecule has 0 unspecified atom stereocenters. The maximum absolute atomic E-state index is 13.8. The first-order valence-corrected chi connectivity index (χ1v) is 4.84. The number of nitrogens with zero attached hydrogens (tertiary/aromatic N) is 1. The van der Waals surface area contributed by atoms with Gasteiger partial charge in [0.15, 0.2) is 11.6 Å². The molecule has 1 aromatic rings. The summed E-state index contributed by atoms with van der Waals surface area (Å²) in [6, 6.07) is 3.31. The highest BCUT2D eigenvalue weighted by Crippen LogP contribution is 2.29. The Morgan fingerprint density at radius 3 is 2.93 bits per heavy atom. The Morgan fingerprint density at radius 2 is 2.27 bits per heavy atom. The van der Waals surface area contributed by atoms with E-state index in [0.717, 1.165) is 5.56 Å². The van der Waals surface area contributed by atoms with Gasteiger partial charge in [-0.15, -0.1) is 0 Å². The summed E-state index contributed by atoms with van der Waals surface area (Å²) in [5, 5.41) is 0. The molecule has 1 aliphatic rings. The van der Waals surface area contributed by atoms with E-state index in [1.54, 1.807) is 26.1 Å². The zero-order valence-electron chi connectivity index (χ0n) is 8.71. The molecule has 1 aromatic carbocycles. The molecular formula is C11H12FNO2. The standard InChI is InChI=1S/C11H12FNO2/c1-3-15-8-5-4-7-6-13(2)11(14)9(7)10(8)12/h4-5H,3,6H2,1-2H3. The second-order valence-electron chi connectivity index (χ2n) is 3.51. The highest BCUT2D eigenvalue weighted by atomic mass is 19.1. The molecule has 1 heterocycles. The molecule has 4 heteroatoms. The molecule has 80 valence electrons. The van der Waals surface area contributed by atoms with E-state index in [1.807, 2.05) is 0 Å². The number of carbonyl (C=O) groups is 1. The van der Waals surface area contributed by atoms with Crippen LogP contribution in [-0.2, 0) is 6.54 Å². The summed E-state index contributed by atoms with van der Waals surface area (Å²) < 4.78 is 18.9. The highest BCUT2D eigenvalue weighted by molar-refractivity contribution is 5.98. The van der Waals surface area contributed by atoms with Gasteiger partial charge in [-0.25, -0.2) is 4.39 Å². The fourth-order valence-electron chi connectivity index (χ4n) is 1.75. The van der Waals surface area contributed by atoms with Crippen LogP contribution in [-0.4, -0.2) is 24.5 Å². The molecule has 15 heavy (non-hydrogen) atoms.